The van der Waals surface area contributed by atoms with E-state index in [4.69, 9.17) is 0 Å². The maximum Gasteiger partial charge on any atom is 0.363 e. The molecule has 1 saturated heterocycles. The smallest absolute Gasteiger partial charge is 0.363 e. The molecule has 26 heavy (non-hydrogen) atoms. The van der Waals surface area contributed by atoms with Crippen LogP contribution in [0.3, 0.4) is 0 Å². The summed E-state index contributed by atoms with van der Waals surface area (Å²) in [5.41, 5.74) is 0.0160. The molecule has 0 saturated carbocycles. The molecule has 1 heterocycles. The molecule has 2 aromatic rings. The Balaban J connectivity index is 2.27. The van der Waals surface area contributed by atoms with Crippen LogP contribution in [-0.4, -0.2) is 28.9 Å². The van der Waals surface area contributed by atoms with Crippen molar-refractivity contribution in [3.63, 3.8) is 0 Å². The highest BCUT2D eigenvalue weighted by Crippen LogP contribution is 2.44. The summed E-state index contributed by atoms with van der Waals surface area (Å²) >= 11 is 0. The molecule has 1 aliphatic rings. The average molecular weight is 354 g/mol. The Labute approximate surface area is 152 Å². The van der Waals surface area contributed by atoms with Gasteiger partial charge in [0.2, 0.25) is 6.04 Å². The lowest BCUT2D eigenvalue weighted by molar-refractivity contribution is -0.153. The number of carbonyl (C=O) groups excluding carboxylic acids is 2. The summed E-state index contributed by atoms with van der Waals surface area (Å²) in [6, 6.07) is 11.8. The normalized spacial score (nSPS) is 24.8. The summed E-state index contributed by atoms with van der Waals surface area (Å²) in [6.07, 6.45) is 0.0623. The van der Waals surface area contributed by atoms with Gasteiger partial charge in [0, 0.05) is 19.1 Å². The van der Waals surface area contributed by atoms with Crippen molar-refractivity contribution in [2.45, 2.75) is 40.2 Å². The van der Waals surface area contributed by atoms with Crippen LogP contribution < -0.4 is 4.48 Å². The van der Waals surface area contributed by atoms with E-state index < -0.39 is 27.8 Å². The second-order valence-corrected chi connectivity index (χ2v) is 8.12. The molecule has 3 atom stereocenters. The average Bonchev–Trinajstić information content (AvgIpc) is 2.85. The number of rotatable bonds is 3. The minimum atomic E-state index is -1.18. The Hall–Kier alpha value is -2.53. The third-order valence-electron chi connectivity index (χ3n) is 5.54. The van der Waals surface area contributed by atoms with E-state index in [0.29, 0.717) is 5.69 Å². The second-order valence-electron chi connectivity index (χ2n) is 8.12. The molecule has 2 aromatic carbocycles. The predicted molar refractivity (Wildman–Crippen MR) is 100 cm³/mol. The molecule has 0 radical (unpaired) electrons. The van der Waals surface area contributed by atoms with Crippen LogP contribution in [0.4, 0.5) is 5.69 Å². The van der Waals surface area contributed by atoms with Crippen molar-refractivity contribution in [2.75, 3.05) is 0 Å². The van der Waals surface area contributed by atoms with Crippen LogP contribution in [0.1, 0.15) is 34.1 Å². The van der Waals surface area contributed by atoms with Crippen LogP contribution in [-0.2, 0) is 14.4 Å². The Kier molecular flexibility index (Phi) is 4.23. The van der Waals surface area contributed by atoms with Gasteiger partial charge in [0.1, 0.15) is 5.69 Å². The molecular weight excluding hydrogens is 330 g/mol. The number of hydrogen-bond acceptors (Lipinski definition) is 3. The molecule has 3 rings (SSSR count). The Bertz CT molecular complexity index is 912. The van der Waals surface area contributed by atoms with Crippen LogP contribution in [0.25, 0.3) is 10.8 Å². The summed E-state index contributed by atoms with van der Waals surface area (Å²) in [5.74, 6) is -2.34. The largest absolute Gasteiger partial charge is 0.477 e. The summed E-state index contributed by atoms with van der Waals surface area (Å²) in [4.78, 5) is 38.4. The molecule has 1 aliphatic heterocycles. The lowest BCUT2D eigenvalue weighted by Crippen LogP contribution is -2.63. The van der Waals surface area contributed by atoms with Crippen LogP contribution in [0.5, 0.6) is 0 Å². The van der Waals surface area contributed by atoms with Gasteiger partial charge in [-0.05, 0) is 22.3 Å². The lowest BCUT2D eigenvalue weighted by atomic mass is 9.79. The van der Waals surface area contributed by atoms with Crippen molar-refractivity contribution in [3.05, 3.63) is 42.5 Å². The molecule has 136 valence electrons. The molecule has 0 bridgehead atoms. The Morgan fingerprint density at radius 3 is 2.27 bits per heavy atom. The summed E-state index contributed by atoms with van der Waals surface area (Å²) in [7, 11) is 0. The van der Waals surface area contributed by atoms with E-state index in [0.717, 1.165) is 10.8 Å². The first-order valence-corrected chi connectivity index (χ1v) is 8.79. The third-order valence-corrected chi connectivity index (χ3v) is 5.54. The predicted octanol–water partition coefficient (Wildman–Crippen LogP) is 3.74. The number of nitrogens with zero attached hydrogens (tertiary/aromatic N) is 1. The number of benzene rings is 2. The van der Waals surface area contributed by atoms with Crippen molar-refractivity contribution in [2.24, 2.45) is 11.3 Å². The summed E-state index contributed by atoms with van der Waals surface area (Å²) in [6.45, 7) is 7.18. The molecule has 1 fully saturated rings. The number of carboxylic acid groups (broad SMARTS) is 1. The van der Waals surface area contributed by atoms with Gasteiger partial charge in [0.15, 0.2) is 0 Å². The van der Waals surface area contributed by atoms with E-state index in [1.807, 2.05) is 51.1 Å². The maximum absolute atomic E-state index is 13.5. The highest BCUT2D eigenvalue weighted by atomic mass is 16.4. The van der Waals surface area contributed by atoms with Gasteiger partial charge in [-0.15, -0.1) is 0 Å². The molecular formula is C21H24NO4+. The minimum Gasteiger partial charge on any atom is -0.477 e. The number of fused-ring (bicyclic) bond motifs is 1. The van der Waals surface area contributed by atoms with Crippen molar-refractivity contribution in [1.82, 2.24) is 4.48 Å². The van der Waals surface area contributed by atoms with Crippen molar-refractivity contribution in [3.8, 4) is 0 Å². The topological polar surface area (TPSA) is 71.4 Å². The van der Waals surface area contributed by atoms with E-state index in [1.165, 1.54) is 6.92 Å². The van der Waals surface area contributed by atoms with Crippen LogP contribution in [0, 0.1) is 11.3 Å². The van der Waals surface area contributed by atoms with Gasteiger partial charge in [-0.2, -0.15) is 4.48 Å². The van der Waals surface area contributed by atoms with Gasteiger partial charge in [0.25, 0.3) is 0 Å². The zero-order valence-corrected chi connectivity index (χ0v) is 15.5. The van der Waals surface area contributed by atoms with Crippen LogP contribution in [0.2, 0.25) is 0 Å². The fourth-order valence-corrected chi connectivity index (χ4v) is 3.91. The Morgan fingerprint density at radius 1 is 1.12 bits per heavy atom. The molecule has 1 N–H and O–H groups in total. The van der Waals surface area contributed by atoms with Crippen LogP contribution in [0.15, 0.2) is 42.5 Å². The number of aliphatic carboxylic acids is 1. The molecule has 0 spiro atoms. The number of carboxylic acids is 1. The number of hydrogen-bond donors (Lipinski definition) is 1. The maximum atomic E-state index is 13.5. The Morgan fingerprint density at radius 2 is 1.73 bits per heavy atom. The van der Waals surface area contributed by atoms with Gasteiger partial charge in [-0.25, -0.2) is 14.4 Å². The van der Waals surface area contributed by atoms with E-state index in [9.17, 15) is 19.5 Å². The van der Waals surface area contributed by atoms with Gasteiger partial charge >= 0.3 is 17.8 Å². The van der Waals surface area contributed by atoms with Crippen molar-refractivity contribution in [1.29, 1.82) is 0 Å². The zero-order chi connectivity index (χ0) is 19.3. The second kappa shape index (κ2) is 6.02. The quantitative estimate of drug-likeness (QED) is 0.673. The fraction of sp³-hybridized carbons (Fsp3) is 0.381. The summed E-state index contributed by atoms with van der Waals surface area (Å²) in [5, 5.41) is 11.5. The van der Waals surface area contributed by atoms with Gasteiger partial charge in [-0.1, -0.05) is 45.0 Å². The molecule has 5 heteroatoms. The number of imide groups is 1. The minimum absolute atomic E-state index is 0.0623. The van der Waals surface area contributed by atoms with Gasteiger partial charge in [0.05, 0.1) is 12.3 Å². The third kappa shape index (κ3) is 2.54. The van der Waals surface area contributed by atoms with E-state index in [1.54, 1.807) is 12.1 Å². The first-order chi connectivity index (χ1) is 12.1. The lowest BCUT2D eigenvalue weighted by Gasteiger charge is -2.34. The fourth-order valence-electron chi connectivity index (χ4n) is 3.91. The molecule has 2 amide bonds. The van der Waals surface area contributed by atoms with E-state index >= 15 is 0 Å². The van der Waals surface area contributed by atoms with Crippen LogP contribution >= 0.6 is 0 Å². The highest BCUT2D eigenvalue weighted by Gasteiger charge is 2.64. The number of likely N-dealkylation sites (tertiary alicyclic amines) is 1. The molecule has 0 aliphatic carbocycles. The highest BCUT2D eigenvalue weighted by molar-refractivity contribution is 6.18. The first-order valence-electron chi connectivity index (χ1n) is 8.79. The number of quaternary nitrogens is 1. The summed E-state index contributed by atoms with van der Waals surface area (Å²) < 4.78 is -0.748. The van der Waals surface area contributed by atoms with E-state index in [-0.39, 0.29) is 18.2 Å². The van der Waals surface area contributed by atoms with Crippen molar-refractivity contribution >= 4 is 34.2 Å². The molecule has 5 nitrogen and oxygen atoms in total. The number of amides is 2. The zero-order valence-electron chi connectivity index (χ0n) is 15.5. The molecule has 2 unspecified atom stereocenters. The van der Waals surface area contributed by atoms with Gasteiger partial charge < -0.3 is 5.11 Å². The molecule has 0 aromatic heterocycles. The monoisotopic (exact) mass is 354 g/mol. The number of carbonyl (C=O) groups is 3. The van der Waals surface area contributed by atoms with Crippen molar-refractivity contribution < 1.29 is 19.5 Å². The van der Waals surface area contributed by atoms with Gasteiger partial charge in [-0.3, -0.25) is 0 Å². The van der Waals surface area contributed by atoms with E-state index in [2.05, 4.69) is 0 Å². The standard InChI is InChI=1S/C21H23NO4/c1-13(20(25)26)22(18(23)12-17(19(22)24)21(2,3)4)16-10-9-14-7-5-6-8-15(14)11-16/h5-11,13,17H,12H2,1-4H3/p+1/t13-,17?,22?/m0/s1. The SMILES string of the molecule is C[C@@H](C(=O)O)[N+]1(c2ccc3ccccc3c2)C(=O)CC(C(C)(C)C)C1=O. The first kappa shape index (κ1) is 18.3.